The van der Waals surface area contributed by atoms with Crippen molar-refractivity contribution in [3.8, 4) is 0 Å². The third kappa shape index (κ3) is 2.96. The molecule has 0 radical (unpaired) electrons. The van der Waals surface area contributed by atoms with Gasteiger partial charge in [-0.15, -0.1) is 0 Å². The zero-order chi connectivity index (χ0) is 15.5. The van der Waals surface area contributed by atoms with E-state index >= 15 is 0 Å². The maximum Gasteiger partial charge on any atom is 0.270 e. The van der Waals surface area contributed by atoms with Gasteiger partial charge in [-0.2, -0.15) is 0 Å². The van der Waals surface area contributed by atoms with Crippen LogP contribution in [0.5, 0.6) is 0 Å². The second-order valence-corrected chi connectivity index (χ2v) is 6.47. The molecule has 22 heavy (non-hydrogen) atoms. The van der Waals surface area contributed by atoms with Crippen molar-refractivity contribution >= 4 is 46.0 Å². The average molecular weight is 326 g/mol. The molecule has 3 rings (SSSR count). The van der Waals surface area contributed by atoms with Crippen LogP contribution in [0.15, 0.2) is 53.6 Å². The molecular weight excluding hydrogens is 312 g/mol. The van der Waals surface area contributed by atoms with Crippen LogP contribution in [0.4, 0.5) is 5.69 Å². The Morgan fingerprint density at radius 2 is 2.00 bits per heavy atom. The number of amides is 1. The van der Waals surface area contributed by atoms with E-state index in [1.807, 2.05) is 42.5 Å². The summed E-state index contributed by atoms with van der Waals surface area (Å²) < 4.78 is 0.552. The lowest BCUT2D eigenvalue weighted by atomic mass is 10.1. The third-order valence-corrected chi connectivity index (χ3v) is 4.67. The molecule has 0 N–H and O–H groups in total. The van der Waals surface area contributed by atoms with E-state index in [2.05, 4.69) is 11.9 Å². The van der Waals surface area contributed by atoms with Crippen LogP contribution in [0.3, 0.4) is 0 Å². The second-order valence-electron chi connectivity index (χ2n) is 4.79. The highest BCUT2D eigenvalue weighted by atomic mass is 32.2. The molecule has 2 aromatic rings. The standard InChI is InChI=1S/C17H14N2OS2/c1-2-12-6-8-14(9-7-12)19-16(20)15(22-17(19)21)11-13-5-3-4-10-18-13/h3-11H,2H2,1H3/b15-11-. The normalized spacial score (nSPS) is 16.6. The predicted molar refractivity (Wildman–Crippen MR) is 95.7 cm³/mol. The van der Waals surface area contributed by atoms with Crippen molar-refractivity contribution in [1.82, 2.24) is 4.98 Å². The maximum absolute atomic E-state index is 12.6. The molecule has 0 bridgehead atoms. The molecule has 1 aromatic carbocycles. The minimum Gasteiger partial charge on any atom is -0.268 e. The van der Waals surface area contributed by atoms with E-state index in [9.17, 15) is 4.79 Å². The third-order valence-electron chi connectivity index (χ3n) is 3.36. The van der Waals surface area contributed by atoms with Crippen molar-refractivity contribution in [2.24, 2.45) is 0 Å². The molecule has 0 aliphatic carbocycles. The lowest BCUT2D eigenvalue weighted by Crippen LogP contribution is -2.27. The molecule has 110 valence electrons. The van der Waals surface area contributed by atoms with E-state index in [4.69, 9.17) is 12.2 Å². The Morgan fingerprint density at radius 1 is 1.23 bits per heavy atom. The minimum atomic E-state index is -0.0927. The number of aromatic nitrogens is 1. The van der Waals surface area contributed by atoms with Gasteiger partial charge in [0.2, 0.25) is 0 Å². The number of aryl methyl sites for hydroxylation is 1. The largest absolute Gasteiger partial charge is 0.270 e. The van der Waals surface area contributed by atoms with Crippen molar-refractivity contribution in [3.63, 3.8) is 0 Å². The van der Waals surface area contributed by atoms with E-state index in [0.717, 1.165) is 17.8 Å². The van der Waals surface area contributed by atoms with Crippen LogP contribution in [0.1, 0.15) is 18.2 Å². The number of anilines is 1. The van der Waals surface area contributed by atoms with Crippen molar-refractivity contribution < 1.29 is 4.79 Å². The summed E-state index contributed by atoms with van der Waals surface area (Å²) in [4.78, 5) is 19.0. The van der Waals surface area contributed by atoms with E-state index in [1.165, 1.54) is 17.3 Å². The number of thiocarbonyl (C=S) groups is 1. The van der Waals surface area contributed by atoms with E-state index in [0.29, 0.717) is 9.23 Å². The highest BCUT2D eigenvalue weighted by Crippen LogP contribution is 2.35. The molecule has 1 aromatic heterocycles. The molecule has 0 atom stereocenters. The highest BCUT2D eigenvalue weighted by molar-refractivity contribution is 8.27. The highest BCUT2D eigenvalue weighted by Gasteiger charge is 2.33. The summed E-state index contributed by atoms with van der Waals surface area (Å²) >= 11 is 6.67. The molecule has 0 spiro atoms. The van der Waals surface area contributed by atoms with Crippen molar-refractivity contribution in [3.05, 3.63) is 64.8 Å². The van der Waals surface area contributed by atoms with Crippen LogP contribution in [-0.2, 0) is 11.2 Å². The molecule has 0 unspecified atom stereocenters. The van der Waals surface area contributed by atoms with Gasteiger partial charge in [-0.3, -0.25) is 14.7 Å². The van der Waals surface area contributed by atoms with E-state index in [1.54, 1.807) is 17.2 Å². The Bertz CT molecular complexity index is 739. The topological polar surface area (TPSA) is 33.2 Å². The number of carbonyl (C=O) groups is 1. The number of nitrogens with zero attached hydrogens (tertiary/aromatic N) is 2. The summed E-state index contributed by atoms with van der Waals surface area (Å²) in [6, 6.07) is 13.5. The zero-order valence-electron chi connectivity index (χ0n) is 12.0. The van der Waals surface area contributed by atoms with Gasteiger partial charge in [0, 0.05) is 6.20 Å². The molecular formula is C17H14N2OS2. The van der Waals surface area contributed by atoms with Gasteiger partial charge in [-0.25, -0.2) is 0 Å². The Kier molecular flexibility index (Phi) is 4.36. The van der Waals surface area contributed by atoms with Crippen molar-refractivity contribution in [1.29, 1.82) is 0 Å². The molecule has 5 heteroatoms. The summed E-state index contributed by atoms with van der Waals surface area (Å²) in [7, 11) is 0. The number of thioether (sulfide) groups is 1. The number of pyridine rings is 1. The molecule has 1 saturated heterocycles. The molecule has 2 heterocycles. The molecule has 1 fully saturated rings. The second kappa shape index (κ2) is 6.42. The molecule has 0 saturated carbocycles. The van der Waals surface area contributed by atoms with Crippen LogP contribution in [-0.4, -0.2) is 15.2 Å². The lowest BCUT2D eigenvalue weighted by Gasteiger charge is -2.14. The Morgan fingerprint density at radius 3 is 2.64 bits per heavy atom. The van der Waals surface area contributed by atoms with Gasteiger partial charge in [0.1, 0.15) is 0 Å². The minimum absolute atomic E-state index is 0.0927. The number of hydrogen-bond donors (Lipinski definition) is 0. The SMILES string of the molecule is CCc1ccc(N2C(=O)/C(=C/c3ccccn3)SC2=S)cc1. The number of hydrogen-bond acceptors (Lipinski definition) is 4. The summed E-state index contributed by atoms with van der Waals surface area (Å²) in [5.41, 5.74) is 2.80. The summed E-state index contributed by atoms with van der Waals surface area (Å²) in [6.45, 7) is 2.10. The van der Waals surface area contributed by atoms with Gasteiger partial charge in [-0.1, -0.05) is 49.1 Å². The van der Waals surface area contributed by atoms with Crippen molar-refractivity contribution in [2.45, 2.75) is 13.3 Å². The van der Waals surface area contributed by atoms with E-state index in [-0.39, 0.29) is 5.91 Å². The predicted octanol–water partition coefficient (Wildman–Crippen LogP) is 4.05. The first-order valence-corrected chi connectivity index (χ1v) is 8.19. The summed E-state index contributed by atoms with van der Waals surface area (Å²) in [6.07, 6.45) is 4.45. The Hall–Kier alpha value is -1.98. The Balaban J connectivity index is 1.89. The first-order chi connectivity index (χ1) is 10.7. The van der Waals surface area contributed by atoms with Gasteiger partial charge in [0.15, 0.2) is 4.32 Å². The first kappa shape index (κ1) is 14.9. The van der Waals surface area contributed by atoms with Gasteiger partial charge in [0.25, 0.3) is 5.91 Å². The number of rotatable bonds is 3. The average Bonchev–Trinajstić information content (AvgIpc) is 2.82. The van der Waals surface area contributed by atoms with Crippen molar-refractivity contribution in [2.75, 3.05) is 4.90 Å². The van der Waals surface area contributed by atoms with E-state index < -0.39 is 0 Å². The van der Waals surface area contributed by atoms with Crippen LogP contribution in [0.25, 0.3) is 6.08 Å². The van der Waals surface area contributed by atoms with Crippen LogP contribution < -0.4 is 4.90 Å². The van der Waals surface area contributed by atoms with Gasteiger partial charge < -0.3 is 0 Å². The van der Waals surface area contributed by atoms with Gasteiger partial charge in [0.05, 0.1) is 16.3 Å². The fraction of sp³-hybridized carbons (Fsp3) is 0.118. The van der Waals surface area contributed by atoms with Gasteiger partial charge in [-0.05, 0) is 42.3 Å². The summed E-state index contributed by atoms with van der Waals surface area (Å²) in [5, 5.41) is 0. The Labute approximate surface area is 139 Å². The molecule has 3 nitrogen and oxygen atoms in total. The fourth-order valence-electron chi connectivity index (χ4n) is 2.17. The maximum atomic E-state index is 12.6. The van der Waals surface area contributed by atoms with Crippen LogP contribution in [0, 0.1) is 0 Å². The smallest absolute Gasteiger partial charge is 0.268 e. The first-order valence-electron chi connectivity index (χ1n) is 6.97. The number of benzene rings is 1. The quantitative estimate of drug-likeness (QED) is 0.629. The van der Waals surface area contributed by atoms with Crippen LogP contribution >= 0.6 is 24.0 Å². The fourth-order valence-corrected chi connectivity index (χ4v) is 3.45. The summed E-state index contributed by atoms with van der Waals surface area (Å²) in [5.74, 6) is -0.0927. The van der Waals surface area contributed by atoms with Crippen LogP contribution in [0.2, 0.25) is 0 Å². The molecule has 1 aliphatic heterocycles. The van der Waals surface area contributed by atoms with Gasteiger partial charge >= 0.3 is 0 Å². The lowest BCUT2D eigenvalue weighted by molar-refractivity contribution is -0.113. The molecule has 1 amide bonds. The zero-order valence-corrected chi connectivity index (χ0v) is 13.7. The number of carbonyl (C=O) groups excluding carboxylic acids is 1. The molecule has 1 aliphatic rings. The monoisotopic (exact) mass is 326 g/mol.